The van der Waals surface area contributed by atoms with Gasteiger partial charge in [0.15, 0.2) is 0 Å². The number of thiophene rings is 1. The van der Waals surface area contributed by atoms with Gasteiger partial charge in [0.05, 0.1) is 14.4 Å². The van der Waals surface area contributed by atoms with Crippen LogP contribution in [0, 0.1) is 0 Å². The van der Waals surface area contributed by atoms with Crippen LogP contribution in [0.3, 0.4) is 0 Å². The van der Waals surface area contributed by atoms with Gasteiger partial charge in [-0.05, 0) is 70.5 Å². The lowest BCUT2D eigenvalue weighted by molar-refractivity contribution is 0.601. The van der Waals surface area contributed by atoms with Crippen LogP contribution in [-0.4, -0.2) is 18.4 Å². The second kappa shape index (κ2) is 7.34. The number of aromatic nitrogens is 2. The van der Waals surface area contributed by atoms with Crippen molar-refractivity contribution in [1.82, 2.24) is 9.97 Å². The summed E-state index contributed by atoms with van der Waals surface area (Å²) < 4.78 is 28.1. The largest absolute Gasteiger partial charge is 0.399 e. The highest BCUT2D eigenvalue weighted by atomic mass is 79.9. The van der Waals surface area contributed by atoms with Crippen molar-refractivity contribution < 1.29 is 8.42 Å². The van der Waals surface area contributed by atoms with Gasteiger partial charge in [0.2, 0.25) is 5.95 Å². The van der Waals surface area contributed by atoms with E-state index in [2.05, 4.69) is 30.6 Å². The van der Waals surface area contributed by atoms with Gasteiger partial charge >= 0.3 is 0 Å². The van der Waals surface area contributed by atoms with E-state index < -0.39 is 10.0 Å². The van der Waals surface area contributed by atoms with Crippen LogP contribution in [0.1, 0.15) is 10.6 Å². The Hall–Kier alpha value is -2.23. The molecule has 3 aromatic rings. The van der Waals surface area contributed by atoms with E-state index in [9.17, 15) is 8.42 Å². The molecule has 2 aromatic heterocycles. The molecule has 0 aliphatic rings. The van der Waals surface area contributed by atoms with Gasteiger partial charge in [-0.1, -0.05) is 0 Å². The molecule has 0 unspecified atom stereocenters. The molecule has 1 aromatic carbocycles. The normalized spacial score (nSPS) is 11.7. The van der Waals surface area contributed by atoms with Crippen LogP contribution in [-0.2, 0) is 10.0 Å². The molecule has 0 atom stereocenters. The molecule has 0 saturated heterocycles. The van der Waals surface area contributed by atoms with Crippen molar-refractivity contribution >= 4 is 61.1 Å². The summed E-state index contributed by atoms with van der Waals surface area (Å²) in [5, 5.41) is 0. The first-order valence-electron chi connectivity index (χ1n) is 7.07. The van der Waals surface area contributed by atoms with Crippen molar-refractivity contribution in [3.8, 4) is 0 Å². The maximum Gasteiger partial charge on any atom is 0.264 e. The molecule has 0 saturated carbocycles. The minimum Gasteiger partial charge on any atom is -0.399 e. The Morgan fingerprint density at radius 2 is 1.84 bits per heavy atom. The van der Waals surface area contributed by atoms with Gasteiger partial charge in [-0.3, -0.25) is 0 Å². The number of nitrogen functional groups attached to an aromatic ring is 1. The minimum absolute atomic E-state index is 0.00587. The van der Waals surface area contributed by atoms with Gasteiger partial charge in [0.1, 0.15) is 0 Å². The second-order valence-corrected chi connectivity index (χ2v) is 9.13. The fraction of sp³-hybridized carbons (Fsp3) is 0. The van der Waals surface area contributed by atoms with Crippen LogP contribution in [0.4, 0.5) is 11.6 Å². The van der Waals surface area contributed by atoms with Gasteiger partial charge in [0.25, 0.3) is 10.0 Å². The number of nitrogens with one attached hydrogen (secondary N) is 1. The zero-order valence-corrected chi connectivity index (χ0v) is 16.0. The first kappa shape index (κ1) is 17.6. The Morgan fingerprint density at radius 3 is 2.52 bits per heavy atom. The predicted molar refractivity (Wildman–Crippen MR) is 105 cm³/mol. The number of halogens is 1. The van der Waals surface area contributed by atoms with E-state index in [-0.39, 0.29) is 10.8 Å². The fourth-order valence-electron chi connectivity index (χ4n) is 1.93. The second-order valence-electron chi connectivity index (χ2n) is 4.95. The molecule has 9 heteroatoms. The topological polar surface area (TPSA) is 98.0 Å². The highest BCUT2D eigenvalue weighted by molar-refractivity contribution is 9.11. The van der Waals surface area contributed by atoms with Gasteiger partial charge in [-0.2, -0.15) is 0 Å². The van der Waals surface area contributed by atoms with Crippen molar-refractivity contribution in [3.63, 3.8) is 0 Å². The first-order chi connectivity index (χ1) is 11.9. The Labute approximate surface area is 157 Å². The van der Waals surface area contributed by atoms with E-state index in [1.807, 2.05) is 18.2 Å². The zero-order valence-electron chi connectivity index (χ0n) is 12.8. The number of hydrogen-bond acceptors (Lipinski definition) is 6. The van der Waals surface area contributed by atoms with Crippen LogP contribution in [0.5, 0.6) is 0 Å². The van der Waals surface area contributed by atoms with Crippen molar-refractivity contribution in [2.75, 3.05) is 10.5 Å². The quantitative estimate of drug-likeness (QED) is 0.591. The number of sulfonamides is 1. The molecule has 0 aliphatic heterocycles. The third-order valence-corrected chi connectivity index (χ3v) is 6.04. The number of nitrogens with zero attached hydrogens (tertiary/aromatic N) is 2. The van der Waals surface area contributed by atoms with E-state index in [1.165, 1.54) is 30.5 Å². The van der Waals surface area contributed by atoms with E-state index in [4.69, 9.17) is 5.73 Å². The van der Waals surface area contributed by atoms with E-state index in [0.717, 1.165) is 8.66 Å². The number of nitrogens with two attached hydrogens (primary N) is 1. The van der Waals surface area contributed by atoms with Crippen LogP contribution in [0.2, 0.25) is 0 Å². The molecular formula is C16H13BrN4O2S2. The summed E-state index contributed by atoms with van der Waals surface area (Å²) in [4.78, 5) is 9.31. The number of benzene rings is 1. The number of hydrogen-bond donors (Lipinski definition) is 2. The average molecular weight is 437 g/mol. The highest BCUT2D eigenvalue weighted by Gasteiger charge is 2.15. The minimum atomic E-state index is -3.77. The van der Waals surface area contributed by atoms with Crippen LogP contribution >= 0.6 is 27.3 Å². The van der Waals surface area contributed by atoms with E-state index >= 15 is 0 Å². The third kappa shape index (κ3) is 4.65. The van der Waals surface area contributed by atoms with Gasteiger partial charge < -0.3 is 5.73 Å². The Balaban J connectivity index is 1.79. The molecule has 0 fully saturated rings. The van der Waals surface area contributed by atoms with Gasteiger partial charge in [0, 0.05) is 16.8 Å². The molecule has 3 rings (SSSR count). The molecule has 3 N–H and O–H groups in total. The molecule has 0 bridgehead atoms. The van der Waals surface area contributed by atoms with Crippen LogP contribution < -0.4 is 10.5 Å². The summed E-state index contributed by atoms with van der Waals surface area (Å²) >= 11 is 4.99. The fourth-order valence-corrected chi connectivity index (χ4v) is 4.20. The molecule has 0 aliphatic carbocycles. The molecular weight excluding hydrogens is 424 g/mol. The summed E-state index contributed by atoms with van der Waals surface area (Å²) in [5.41, 5.74) is 6.66. The molecule has 0 amide bonds. The van der Waals surface area contributed by atoms with Gasteiger partial charge in [-0.25, -0.2) is 23.1 Å². The Kier molecular flexibility index (Phi) is 5.16. The molecule has 25 heavy (non-hydrogen) atoms. The van der Waals surface area contributed by atoms with Crippen molar-refractivity contribution in [2.45, 2.75) is 4.90 Å². The summed E-state index contributed by atoms with van der Waals surface area (Å²) in [6, 6.07) is 11.5. The monoisotopic (exact) mass is 436 g/mol. The zero-order chi connectivity index (χ0) is 17.9. The predicted octanol–water partition coefficient (Wildman–Crippen LogP) is 3.85. The van der Waals surface area contributed by atoms with Crippen molar-refractivity contribution in [2.24, 2.45) is 0 Å². The standard InChI is InChI=1S/C16H13BrN4O2S2/c17-15-8-5-13(24-15)4-3-12-9-10-19-16(20-12)21-25(22,23)14-6-1-11(18)2-7-14/h1-10H,18H2,(H,19,20,21). The summed E-state index contributed by atoms with van der Waals surface area (Å²) in [6.07, 6.45) is 5.19. The van der Waals surface area contributed by atoms with E-state index in [1.54, 1.807) is 23.5 Å². The lowest BCUT2D eigenvalue weighted by Crippen LogP contribution is -2.15. The lowest BCUT2D eigenvalue weighted by Gasteiger charge is -2.07. The molecule has 128 valence electrons. The lowest BCUT2D eigenvalue weighted by atomic mass is 10.3. The van der Waals surface area contributed by atoms with Gasteiger partial charge in [-0.15, -0.1) is 11.3 Å². The molecule has 6 nitrogen and oxygen atoms in total. The number of rotatable bonds is 5. The maximum absolute atomic E-state index is 12.4. The van der Waals surface area contributed by atoms with E-state index in [0.29, 0.717) is 11.4 Å². The van der Waals surface area contributed by atoms with Crippen molar-refractivity contribution in [3.05, 3.63) is 63.0 Å². The Bertz CT molecular complexity index is 1010. The summed E-state index contributed by atoms with van der Waals surface area (Å²) in [5.74, 6) is 0.00587. The van der Waals surface area contributed by atoms with Crippen LogP contribution in [0.15, 0.2) is 57.3 Å². The summed E-state index contributed by atoms with van der Waals surface area (Å²) in [7, 11) is -3.77. The smallest absolute Gasteiger partial charge is 0.264 e. The van der Waals surface area contributed by atoms with Crippen molar-refractivity contribution in [1.29, 1.82) is 0 Å². The van der Waals surface area contributed by atoms with Crippen LogP contribution in [0.25, 0.3) is 12.2 Å². The maximum atomic E-state index is 12.4. The number of anilines is 2. The Morgan fingerprint density at radius 1 is 1.08 bits per heavy atom. The molecule has 0 spiro atoms. The third-order valence-electron chi connectivity index (χ3n) is 3.11. The highest BCUT2D eigenvalue weighted by Crippen LogP contribution is 2.23. The summed E-state index contributed by atoms with van der Waals surface area (Å²) in [6.45, 7) is 0. The average Bonchev–Trinajstić information content (AvgIpc) is 2.99. The molecule has 0 radical (unpaired) electrons. The first-order valence-corrected chi connectivity index (χ1v) is 10.2. The molecule has 2 heterocycles. The SMILES string of the molecule is Nc1ccc(S(=O)(=O)Nc2nccc(C=Cc3ccc(Br)s3)n2)cc1.